The van der Waals surface area contributed by atoms with Crippen molar-refractivity contribution in [3.8, 4) is 34.1 Å². The molecule has 0 radical (unpaired) electrons. The van der Waals surface area contributed by atoms with Gasteiger partial charge in [0.2, 0.25) is 0 Å². The van der Waals surface area contributed by atoms with Crippen molar-refractivity contribution in [1.29, 1.82) is 0 Å². The molecule has 3 aromatic heterocycles. The Balaban J connectivity index is 1.68. The molecule has 2 N–H and O–H groups in total. The van der Waals surface area contributed by atoms with E-state index in [0.29, 0.717) is 33.5 Å². The molecule has 2 aromatic carbocycles. The number of hydrogen-bond acceptors (Lipinski definition) is 8. The number of nitrogens with zero attached hydrogens (tertiary/aromatic N) is 6. The molecule has 11 heteroatoms. The van der Waals surface area contributed by atoms with E-state index in [1.54, 1.807) is 55.1 Å². The van der Waals surface area contributed by atoms with Crippen LogP contribution in [-0.2, 0) is 7.05 Å². The maximum Gasteiger partial charge on any atom is 0.322 e. The zero-order chi connectivity index (χ0) is 24.7. The van der Waals surface area contributed by atoms with Gasteiger partial charge in [0.1, 0.15) is 29.4 Å². The minimum Gasteiger partial charge on any atom is -0.424 e. The van der Waals surface area contributed by atoms with Gasteiger partial charge in [0.05, 0.1) is 16.0 Å². The Labute approximate surface area is 198 Å². The number of non-ortho nitro benzene ring substituents is 1. The predicted molar refractivity (Wildman–Crippen MR) is 127 cm³/mol. The van der Waals surface area contributed by atoms with Gasteiger partial charge in [0, 0.05) is 48.3 Å². The van der Waals surface area contributed by atoms with E-state index in [1.165, 1.54) is 24.5 Å². The van der Waals surface area contributed by atoms with Crippen LogP contribution in [0.3, 0.4) is 0 Å². The summed E-state index contributed by atoms with van der Waals surface area (Å²) in [5.74, 6) is -0.172. The number of benzene rings is 2. The second kappa shape index (κ2) is 8.45. The Kier molecular flexibility index (Phi) is 5.28. The fourth-order valence-corrected chi connectivity index (χ4v) is 3.96. The topological polar surface area (TPSA) is 135 Å². The van der Waals surface area contributed by atoms with E-state index in [-0.39, 0.29) is 28.8 Å². The van der Waals surface area contributed by atoms with Crippen LogP contribution >= 0.6 is 0 Å². The molecule has 35 heavy (non-hydrogen) atoms. The molecule has 0 atom stereocenters. The van der Waals surface area contributed by atoms with Crippen LogP contribution in [0.5, 0.6) is 11.8 Å². The van der Waals surface area contributed by atoms with Gasteiger partial charge in [-0.1, -0.05) is 0 Å². The van der Waals surface area contributed by atoms with Crippen LogP contribution in [0, 0.1) is 22.9 Å². The summed E-state index contributed by atoms with van der Waals surface area (Å²) in [6, 6.07) is 12.2. The largest absolute Gasteiger partial charge is 0.424 e. The smallest absolute Gasteiger partial charge is 0.322 e. The number of rotatable bonds is 5. The van der Waals surface area contributed by atoms with Gasteiger partial charge in [-0.15, -0.1) is 0 Å². The first kappa shape index (κ1) is 21.9. The molecule has 0 amide bonds. The number of nitro groups is 1. The number of anilines is 1. The summed E-state index contributed by atoms with van der Waals surface area (Å²) in [6.45, 7) is 1.80. The fraction of sp³-hybridized carbons (Fsp3) is 0.0833. The van der Waals surface area contributed by atoms with Crippen LogP contribution < -0.4 is 10.5 Å². The van der Waals surface area contributed by atoms with Crippen molar-refractivity contribution in [3.05, 3.63) is 82.7 Å². The number of hydrogen-bond donors (Lipinski definition) is 1. The van der Waals surface area contributed by atoms with Crippen LogP contribution in [-0.4, -0.2) is 29.4 Å². The maximum atomic E-state index is 15.6. The summed E-state index contributed by atoms with van der Waals surface area (Å²) < 4.78 is 22.9. The highest BCUT2D eigenvalue weighted by Crippen LogP contribution is 2.43. The van der Waals surface area contributed by atoms with E-state index in [0.717, 1.165) is 0 Å². The minimum absolute atomic E-state index is 0.0561. The zero-order valence-corrected chi connectivity index (χ0v) is 18.6. The van der Waals surface area contributed by atoms with Gasteiger partial charge in [0.15, 0.2) is 0 Å². The van der Waals surface area contributed by atoms with Crippen molar-refractivity contribution in [1.82, 2.24) is 24.5 Å². The molecule has 0 saturated heterocycles. The second-order valence-corrected chi connectivity index (χ2v) is 7.77. The maximum absolute atomic E-state index is 15.6. The van der Waals surface area contributed by atoms with Gasteiger partial charge in [0.25, 0.3) is 5.69 Å². The summed E-state index contributed by atoms with van der Waals surface area (Å²) >= 11 is 0. The number of nitrogens with two attached hydrogens (primary N) is 1. The van der Waals surface area contributed by atoms with E-state index in [2.05, 4.69) is 19.9 Å². The van der Waals surface area contributed by atoms with E-state index in [4.69, 9.17) is 10.5 Å². The molecule has 0 aliphatic rings. The average Bonchev–Trinajstić information content (AvgIpc) is 3.12. The molecule has 0 bridgehead atoms. The molecular formula is C24H18FN7O3. The van der Waals surface area contributed by atoms with Gasteiger partial charge in [-0.2, -0.15) is 0 Å². The summed E-state index contributed by atoms with van der Waals surface area (Å²) in [4.78, 5) is 27.3. The molecule has 5 rings (SSSR count). The van der Waals surface area contributed by atoms with Gasteiger partial charge in [-0.05, 0) is 42.8 Å². The number of nitro benzene ring substituents is 1. The van der Waals surface area contributed by atoms with Gasteiger partial charge in [-0.3, -0.25) is 10.1 Å². The van der Waals surface area contributed by atoms with Crippen LogP contribution in [0.15, 0.2) is 61.1 Å². The first-order valence-corrected chi connectivity index (χ1v) is 10.4. The highest BCUT2D eigenvalue weighted by molar-refractivity contribution is 6.07. The number of ether oxygens (including phenoxy) is 1. The molecule has 5 aromatic rings. The standard InChI is InChI=1S/C24H18FN7O3/c1-13-9-10-27-24(30-13)35-16-7-8-17(18(25)11-16)19-20-22(26)28-12-29-23(20)31(2)21(19)14-3-5-15(6-4-14)32(33)34/h3-12H,1-2H3,(H2,26,28,29). The molecule has 174 valence electrons. The van der Waals surface area contributed by atoms with Crippen LogP contribution in [0.2, 0.25) is 0 Å². The van der Waals surface area contributed by atoms with E-state index < -0.39 is 10.7 Å². The molecule has 0 unspecified atom stereocenters. The molecule has 0 fully saturated rings. The molecule has 0 aliphatic carbocycles. The van der Waals surface area contributed by atoms with E-state index >= 15 is 4.39 Å². The van der Waals surface area contributed by atoms with Crippen LogP contribution in [0.1, 0.15) is 5.69 Å². The number of aryl methyl sites for hydroxylation is 2. The Morgan fingerprint density at radius 3 is 2.54 bits per heavy atom. The number of halogens is 1. The third-order valence-corrected chi connectivity index (χ3v) is 5.54. The van der Waals surface area contributed by atoms with Gasteiger partial charge >= 0.3 is 6.01 Å². The lowest BCUT2D eigenvalue weighted by atomic mass is 9.98. The summed E-state index contributed by atoms with van der Waals surface area (Å²) in [7, 11) is 1.76. The zero-order valence-electron chi connectivity index (χ0n) is 18.6. The minimum atomic E-state index is -0.575. The molecule has 0 aliphatic heterocycles. The van der Waals surface area contributed by atoms with Gasteiger partial charge in [-0.25, -0.2) is 24.3 Å². The monoisotopic (exact) mass is 471 g/mol. The quantitative estimate of drug-likeness (QED) is 0.285. The third-order valence-electron chi connectivity index (χ3n) is 5.54. The average molecular weight is 471 g/mol. The number of fused-ring (bicyclic) bond motifs is 1. The normalized spacial score (nSPS) is 11.1. The Morgan fingerprint density at radius 2 is 1.86 bits per heavy atom. The summed E-state index contributed by atoms with van der Waals surface area (Å²) in [5.41, 5.74) is 9.26. The van der Waals surface area contributed by atoms with Crippen molar-refractivity contribution in [2.24, 2.45) is 7.05 Å². The summed E-state index contributed by atoms with van der Waals surface area (Å²) in [5, 5.41) is 11.6. The predicted octanol–water partition coefficient (Wildman–Crippen LogP) is 4.82. The Morgan fingerprint density at radius 1 is 1.09 bits per heavy atom. The van der Waals surface area contributed by atoms with Crippen molar-refractivity contribution in [2.75, 3.05) is 5.73 Å². The third kappa shape index (κ3) is 3.88. The van der Waals surface area contributed by atoms with Crippen molar-refractivity contribution in [3.63, 3.8) is 0 Å². The SMILES string of the molecule is Cc1ccnc(Oc2ccc(-c3c(-c4ccc([N+](=O)[O-])cc4)n(C)c4ncnc(N)c34)c(F)c2)n1. The van der Waals surface area contributed by atoms with Crippen molar-refractivity contribution >= 4 is 22.5 Å². The molecule has 0 spiro atoms. The Hall–Kier alpha value is -4.93. The number of aromatic nitrogens is 5. The van der Waals surface area contributed by atoms with Crippen molar-refractivity contribution in [2.45, 2.75) is 6.92 Å². The summed E-state index contributed by atoms with van der Waals surface area (Å²) in [6.07, 6.45) is 2.88. The highest BCUT2D eigenvalue weighted by atomic mass is 19.1. The second-order valence-electron chi connectivity index (χ2n) is 7.77. The first-order chi connectivity index (χ1) is 16.8. The first-order valence-electron chi connectivity index (χ1n) is 10.4. The van der Waals surface area contributed by atoms with E-state index in [1.807, 2.05) is 0 Å². The molecule has 0 saturated carbocycles. The highest BCUT2D eigenvalue weighted by Gasteiger charge is 2.24. The fourth-order valence-electron chi connectivity index (χ4n) is 3.96. The molecule has 10 nitrogen and oxygen atoms in total. The molecular weight excluding hydrogens is 453 g/mol. The van der Waals surface area contributed by atoms with Crippen LogP contribution in [0.25, 0.3) is 33.4 Å². The van der Waals surface area contributed by atoms with Crippen molar-refractivity contribution < 1.29 is 14.1 Å². The lowest BCUT2D eigenvalue weighted by Gasteiger charge is -2.11. The molecule has 3 heterocycles. The number of nitrogen functional groups attached to an aromatic ring is 1. The van der Waals surface area contributed by atoms with E-state index in [9.17, 15) is 10.1 Å². The lowest BCUT2D eigenvalue weighted by molar-refractivity contribution is -0.384. The Bertz CT molecular complexity index is 1600. The van der Waals surface area contributed by atoms with Gasteiger partial charge < -0.3 is 15.0 Å². The lowest BCUT2D eigenvalue weighted by Crippen LogP contribution is -1.96. The van der Waals surface area contributed by atoms with Crippen LogP contribution in [0.4, 0.5) is 15.9 Å².